The van der Waals surface area contributed by atoms with Gasteiger partial charge in [-0.1, -0.05) is 0 Å². The van der Waals surface area contributed by atoms with E-state index >= 15 is 0 Å². The molecule has 0 aromatic carbocycles. The molecule has 0 saturated heterocycles. The van der Waals surface area contributed by atoms with Crippen molar-refractivity contribution in [1.82, 2.24) is 19.8 Å². The Kier molecular flexibility index (Phi) is 5.06. The molecule has 2 fully saturated rings. The van der Waals surface area contributed by atoms with E-state index in [-0.39, 0.29) is 5.91 Å². The number of imidazole rings is 1. The van der Waals surface area contributed by atoms with Crippen molar-refractivity contribution in [3.8, 4) is 0 Å². The maximum Gasteiger partial charge on any atom is 0.287 e. The highest BCUT2D eigenvalue weighted by Gasteiger charge is 2.53. The van der Waals surface area contributed by atoms with Gasteiger partial charge in [-0.2, -0.15) is 0 Å². The summed E-state index contributed by atoms with van der Waals surface area (Å²) in [5.41, 5.74) is 3.40. The smallest absolute Gasteiger partial charge is 0.287 e. The summed E-state index contributed by atoms with van der Waals surface area (Å²) in [5, 5.41) is 2.69. The summed E-state index contributed by atoms with van der Waals surface area (Å²) in [6, 6.07) is 0. The summed E-state index contributed by atoms with van der Waals surface area (Å²) in [6.45, 7) is 4.04. The lowest BCUT2D eigenvalue weighted by Crippen LogP contribution is -2.32. The lowest BCUT2D eigenvalue weighted by atomic mass is 9.79. The predicted molar refractivity (Wildman–Crippen MR) is 105 cm³/mol. The van der Waals surface area contributed by atoms with Crippen LogP contribution in [0.4, 0.5) is 0 Å². The minimum absolute atomic E-state index is 0.0976. The van der Waals surface area contributed by atoms with Gasteiger partial charge in [0.1, 0.15) is 0 Å². The van der Waals surface area contributed by atoms with E-state index in [1.807, 2.05) is 18.7 Å². The number of hydrogen-bond acceptors (Lipinski definition) is 4. The SMILES string of the molecule is CNC(=O)c1nc2c(n1C)CCN(CCCC13CCC(COC)(CC1)C3)C2. The van der Waals surface area contributed by atoms with Crippen LogP contribution in [0.15, 0.2) is 0 Å². The fourth-order valence-corrected chi connectivity index (χ4v) is 6.07. The van der Waals surface area contributed by atoms with E-state index in [2.05, 4.69) is 15.2 Å². The second-order valence-electron chi connectivity index (χ2n) is 9.21. The predicted octanol–water partition coefficient (Wildman–Crippen LogP) is 2.51. The maximum absolute atomic E-state index is 12.0. The molecular formula is C21H34N4O2. The van der Waals surface area contributed by atoms with Gasteiger partial charge in [-0.25, -0.2) is 4.98 Å². The van der Waals surface area contributed by atoms with Crippen LogP contribution in [0.2, 0.25) is 0 Å². The van der Waals surface area contributed by atoms with Crippen molar-refractivity contribution in [3.63, 3.8) is 0 Å². The third kappa shape index (κ3) is 3.42. The van der Waals surface area contributed by atoms with Crippen molar-refractivity contribution >= 4 is 5.91 Å². The molecule has 0 spiro atoms. The third-order valence-corrected chi connectivity index (χ3v) is 7.52. The summed E-state index contributed by atoms with van der Waals surface area (Å²) in [4.78, 5) is 19.1. The molecule has 0 unspecified atom stereocenters. The molecule has 6 nitrogen and oxygen atoms in total. The highest BCUT2D eigenvalue weighted by Crippen LogP contribution is 2.63. The molecule has 2 aliphatic carbocycles. The number of nitrogens with one attached hydrogen (secondary N) is 1. The molecule has 2 saturated carbocycles. The van der Waals surface area contributed by atoms with Crippen molar-refractivity contribution in [2.24, 2.45) is 17.9 Å². The zero-order chi connectivity index (χ0) is 19.1. The Morgan fingerprint density at radius 3 is 2.70 bits per heavy atom. The van der Waals surface area contributed by atoms with E-state index in [0.29, 0.717) is 16.7 Å². The van der Waals surface area contributed by atoms with Crippen molar-refractivity contribution < 1.29 is 9.53 Å². The van der Waals surface area contributed by atoms with Crippen LogP contribution in [0.25, 0.3) is 0 Å². The van der Waals surface area contributed by atoms with Crippen LogP contribution in [0.1, 0.15) is 67.0 Å². The number of carbonyl (C=O) groups is 1. The molecule has 27 heavy (non-hydrogen) atoms. The van der Waals surface area contributed by atoms with E-state index in [1.54, 1.807) is 7.05 Å². The minimum Gasteiger partial charge on any atom is -0.384 e. The topological polar surface area (TPSA) is 59.4 Å². The van der Waals surface area contributed by atoms with Gasteiger partial charge in [0.05, 0.1) is 12.3 Å². The Morgan fingerprint density at radius 1 is 1.26 bits per heavy atom. The molecule has 150 valence electrons. The molecule has 0 atom stereocenters. The van der Waals surface area contributed by atoms with Crippen molar-refractivity contribution in [1.29, 1.82) is 0 Å². The first-order valence-corrected chi connectivity index (χ1v) is 10.5. The molecule has 0 radical (unpaired) electrons. The highest BCUT2D eigenvalue weighted by atomic mass is 16.5. The number of methoxy groups -OCH3 is 1. The first kappa shape index (κ1) is 18.9. The Labute approximate surface area is 162 Å². The lowest BCUT2D eigenvalue weighted by molar-refractivity contribution is 0.0860. The molecule has 1 amide bonds. The maximum atomic E-state index is 12.0. The van der Waals surface area contributed by atoms with Crippen LogP contribution >= 0.6 is 0 Å². The van der Waals surface area contributed by atoms with Crippen LogP contribution in [-0.2, 0) is 24.8 Å². The Hall–Kier alpha value is -1.40. The number of aromatic nitrogens is 2. The summed E-state index contributed by atoms with van der Waals surface area (Å²) in [6.07, 6.45) is 10.5. The Balaban J connectivity index is 1.31. The second-order valence-corrected chi connectivity index (χ2v) is 9.21. The zero-order valence-electron chi connectivity index (χ0n) is 17.1. The number of rotatable bonds is 7. The largest absolute Gasteiger partial charge is 0.384 e. The van der Waals surface area contributed by atoms with Crippen LogP contribution in [0.5, 0.6) is 0 Å². The van der Waals surface area contributed by atoms with Gasteiger partial charge in [0.2, 0.25) is 0 Å². The summed E-state index contributed by atoms with van der Waals surface area (Å²) >= 11 is 0. The number of carbonyl (C=O) groups excluding carboxylic acids is 1. The number of hydrogen-bond donors (Lipinski definition) is 1. The summed E-state index contributed by atoms with van der Waals surface area (Å²) in [7, 11) is 5.47. The molecule has 3 aliphatic rings. The van der Waals surface area contributed by atoms with Crippen molar-refractivity contribution in [2.45, 2.75) is 57.9 Å². The van der Waals surface area contributed by atoms with Gasteiger partial charge < -0.3 is 14.6 Å². The van der Waals surface area contributed by atoms with Crippen LogP contribution in [0, 0.1) is 10.8 Å². The highest BCUT2D eigenvalue weighted by molar-refractivity contribution is 5.90. The van der Waals surface area contributed by atoms with Crippen LogP contribution < -0.4 is 5.32 Å². The van der Waals surface area contributed by atoms with Gasteiger partial charge in [-0.05, 0) is 62.3 Å². The first-order chi connectivity index (χ1) is 13.0. The number of fused-ring (bicyclic) bond motifs is 3. The fourth-order valence-electron chi connectivity index (χ4n) is 6.07. The summed E-state index contributed by atoms with van der Waals surface area (Å²) in [5.74, 6) is 0.439. The first-order valence-electron chi connectivity index (χ1n) is 10.5. The summed E-state index contributed by atoms with van der Waals surface area (Å²) < 4.78 is 7.48. The third-order valence-electron chi connectivity index (χ3n) is 7.52. The molecule has 6 heteroatoms. The van der Waals surface area contributed by atoms with E-state index in [0.717, 1.165) is 38.4 Å². The monoisotopic (exact) mass is 374 g/mol. The lowest BCUT2D eigenvalue weighted by Gasteiger charge is -2.30. The van der Waals surface area contributed by atoms with Gasteiger partial charge >= 0.3 is 0 Å². The minimum atomic E-state index is -0.0976. The molecule has 2 bridgehead atoms. The van der Waals surface area contributed by atoms with E-state index in [1.165, 1.54) is 50.6 Å². The molecule has 1 aromatic rings. The fraction of sp³-hybridized carbons (Fsp3) is 0.810. The van der Waals surface area contributed by atoms with Crippen molar-refractivity contribution in [3.05, 3.63) is 17.2 Å². The zero-order valence-corrected chi connectivity index (χ0v) is 17.1. The molecular weight excluding hydrogens is 340 g/mol. The van der Waals surface area contributed by atoms with Crippen molar-refractivity contribution in [2.75, 3.05) is 33.9 Å². The second kappa shape index (κ2) is 7.21. The molecule has 1 aromatic heterocycles. The molecule has 2 heterocycles. The molecule has 1 N–H and O–H groups in total. The average molecular weight is 375 g/mol. The van der Waals surface area contributed by atoms with E-state index in [4.69, 9.17) is 4.74 Å². The van der Waals surface area contributed by atoms with Gasteiger partial charge in [-0.15, -0.1) is 0 Å². The van der Waals surface area contributed by atoms with E-state index < -0.39 is 0 Å². The number of amides is 1. The standard InChI is InChI=1S/C21H34N4O2/c1-22-19(26)18-23-16-13-25(12-5-17(16)24(18)2)11-4-6-20-7-9-21(14-20,10-8-20)15-27-3/h4-15H2,1-3H3,(H,22,26). The van der Waals surface area contributed by atoms with Gasteiger partial charge in [0.25, 0.3) is 5.91 Å². The molecule has 4 rings (SSSR count). The number of ether oxygens (including phenoxy) is 1. The number of nitrogens with zero attached hydrogens (tertiary/aromatic N) is 3. The molecule has 1 aliphatic heterocycles. The van der Waals surface area contributed by atoms with Crippen LogP contribution in [0.3, 0.4) is 0 Å². The normalized spacial score (nSPS) is 29.9. The van der Waals surface area contributed by atoms with Gasteiger partial charge in [0.15, 0.2) is 5.82 Å². The Morgan fingerprint density at radius 2 is 2.00 bits per heavy atom. The Bertz CT molecular complexity index is 703. The van der Waals surface area contributed by atoms with Gasteiger partial charge in [0, 0.05) is 46.4 Å². The quantitative estimate of drug-likeness (QED) is 0.797. The average Bonchev–Trinajstić information content (AvgIpc) is 3.31. The van der Waals surface area contributed by atoms with Gasteiger partial charge in [-0.3, -0.25) is 9.69 Å². The van der Waals surface area contributed by atoms with E-state index in [9.17, 15) is 4.79 Å². The van der Waals surface area contributed by atoms with Crippen LogP contribution in [-0.4, -0.2) is 54.2 Å².